The Balaban J connectivity index is 2.07. The summed E-state index contributed by atoms with van der Waals surface area (Å²) in [6.45, 7) is 1.96. The Labute approximate surface area is 253 Å². The third-order valence-electron chi connectivity index (χ3n) is 6.68. The largest absolute Gasteiger partial charge is 0.497 e. The van der Waals surface area contributed by atoms with E-state index in [0.29, 0.717) is 22.9 Å². The topological polar surface area (TPSA) is 105 Å². The molecule has 1 N–H and O–H groups in total. The van der Waals surface area contributed by atoms with Crippen LogP contribution in [0.4, 0.5) is 5.69 Å². The third-order valence-corrected chi connectivity index (χ3v) is 8.04. The zero-order valence-corrected chi connectivity index (χ0v) is 26.0. The quantitative estimate of drug-likeness (QED) is 0.249. The van der Waals surface area contributed by atoms with E-state index in [2.05, 4.69) is 5.32 Å². The number of nitrogens with one attached hydrogen (secondary N) is 1. The van der Waals surface area contributed by atoms with Crippen molar-refractivity contribution in [3.63, 3.8) is 0 Å². The maximum Gasteiger partial charge on any atom is 0.244 e. The summed E-state index contributed by atoms with van der Waals surface area (Å²) in [4.78, 5) is 29.3. The van der Waals surface area contributed by atoms with Gasteiger partial charge in [-0.25, -0.2) is 8.42 Å². The minimum Gasteiger partial charge on any atom is -0.497 e. The maximum atomic E-state index is 14.2. The fourth-order valence-corrected chi connectivity index (χ4v) is 5.54. The fraction of sp³-hybridized carbons (Fsp3) is 0.355. The van der Waals surface area contributed by atoms with Crippen LogP contribution in [0.5, 0.6) is 11.5 Å². The van der Waals surface area contributed by atoms with Gasteiger partial charge in [0.05, 0.1) is 26.2 Å². The zero-order chi connectivity index (χ0) is 30.7. The minimum atomic E-state index is -3.96. The molecule has 42 heavy (non-hydrogen) atoms. The van der Waals surface area contributed by atoms with Crippen molar-refractivity contribution in [3.8, 4) is 11.5 Å². The summed E-state index contributed by atoms with van der Waals surface area (Å²) in [5.74, 6) is -0.211. The first kappa shape index (κ1) is 32.8. The molecule has 226 valence electrons. The number of sulfonamides is 1. The monoisotopic (exact) mass is 615 g/mol. The first-order valence-corrected chi connectivity index (χ1v) is 15.8. The second kappa shape index (κ2) is 15.5. The van der Waals surface area contributed by atoms with E-state index in [0.717, 1.165) is 29.0 Å². The molecule has 0 fully saturated rings. The lowest BCUT2D eigenvalue weighted by Gasteiger charge is -2.33. The number of ether oxygens (including phenoxy) is 2. The van der Waals surface area contributed by atoms with Gasteiger partial charge in [0.2, 0.25) is 21.8 Å². The molecule has 2 amide bonds. The molecule has 0 spiro atoms. The molecule has 0 aromatic heterocycles. The normalized spacial score (nSPS) is 11.8. The van der Waals surface area contributed by atoms with E-state index in [1.54, 1.807) is 30.3 Å². The molecule has 0 aliphatic rings. The number of unbranched alkanes of at least 4 members (excludes halogenated alkanes) is 1. The number of benzene rings is 3. The molecule has 1 atom stereocenters. The first-order chi connectivity index (χ1) is 20.1. The van der Waals surface area contributed by atoms with Gasteiger partial charge >= 0.3 is 0 Å². The van der Waals surface area contributed by atoms with Crippen molar-refractivity contribution in [3.05, 3.63) is 88.9 Å². The summed E-state index contributed by atoms with van der Waals surface area (Å²) in [7, 11) is -1.07. The number of hydrogen-bond donors (Lipinski definition) is 1. The van der Waals surface area contributed by atoms with E-state index in [1.165, 1.54) is 25.2 Å². The van der Waals surface area contributed by atoms with Gasteiger partial charge in [0.25, 0.3) is 0 Å². The highest BCUT2D eigenvalue weighted by molar-refractivity contribution is 7.92. The minimum absolute atomic E-state index is 0.0371. The van der Waals surface area contributed by atoms with E-state index in [1.807, 2.05) is 43.3 Å². The Kier molecular flexibility index (Phi) is 12.1. The molecule has 0 bridgehead atoms. The Morgan fingerprint density at radius 3 is 2.29 bits per heavy atom. The number of anilines is 1. The van der Waals surface area contributed by atoms with Crippen molar-refractivity contribution in [2.75, 3.05) is 37.9 Å². The highest BCUT2D eigenvalue weighted by Gasteiger charge is 2.33. The average molecular weight is 616 g/mol. The van der Waals surface area contributed by atoms with Crippen molar-refractivity contribution < 1.29 is 27.5 Å². The van der Waals surface area contributed by atoms with Gasteiger partial charge in [-0.15, -0.1) is 0 Å². The molecule has 11 heteroatoms. The third kappa shape index (κ3) is 9.12. The predicted octanol–water partition coefficient (Wildman–Crippen LogP) is 4.68. The van der Waals surface area contributed by atoms with Crippen LogP contribution in [-0.4, -0.2) is 64.7 Å². The van der Waals surface area contributed by atoms with Crippen LogP contribution in [0, 0.1) is 0 Å². The number of carbonyl (C=O) groups is 2. The number of nitrogens with zero attached hydrogens (tertiary/aromatic N) is 2. The van der Waals surface area contributed by atoms with Gasteiger partial charge in [-0.05, 0) is 41.8 Å². The first-order valence-electron chi connectivity index (χ1n) is 13.6. The number of rotatable bonds is 15. The predicted molar refractivity (Wildman–Crippen MR) is 166 cm³/mol. The summed E-state index contributed by atoms with van der Waals surface area (Å²) >= 11 is 6.25. The molecule has 0 heterocycles. The lowest BCUT2D eigenvalue weighted by Crippen LogP contribution is -2.53. The number of amides is 2. The average Bonchev–Trinajstić information content (AvgIpc) is 2.97. The van der Waals surface area contributed by atoms with Crippen LogP contribution in [0.25, 0.3) is 0 Å². The van der Waals surface area contributed by atoms with Gasteiger partial charge in [-0.2, -0.15) is 0 Å². The van der Waals surface area contributed by atoms with E-state index in [9.17, 15) is 18.0 Å². The smallest absolute Gasteiger partial charge is 0.244 e. The molecular formula is C31H38ClN3O6S. The fourth-order valence-electron chi connectivity index (χ4n) is 4.48. The molecule has 0 saturated carbocycles. The molecule has 0 unspecified atom stereocenters. The molecule has 0 aliphatic heterocycles. The highest BCUT2D eigenvalue weighted by atomic mass is 35.5. The van der Waals surface area contributed by atoms with Crippen LogP contribution in [0.1, 0.15) is 30.9 Å². The second-order valence-corrected chi connectivity index (χ2v) is 12.2. The number of halogens is 1. The molecule has 0 saturated heterocycles. The summed E-state index contributed by atoms with van der Waals surface area (Å²) in [6, 6.07) is 20.1. The van der Waals surface area contributed by atoms with Crippen LogP contribution < -0.4 is 19.1 Å². The zero-order valence-electron chi connectivity index (χ0n) is 24.4. The van der Waals surface area contributed by atoms with E-state index < -0.39 is 28.5 Å². The number of hydrogen-bond acceptors (Lipinski definition) is 6. The van der Waals surface area contributed by atoms with E-state index in [4.69, 9.17) is 21.1 Å². The van der Waals surface area contributed by atoms with Gasteiger partial charge in [-0.1, -0.05) is 67.4 Å². The molecule has 3 rings (SSSR count). The van der Waals surface area contributed by atoms with Crippen molar-refractivity contribution in [2.24, 2.45) is 0 Å². The van der Waals surface area contributed by atoms with Crippen LogP contribution in [0.15, 0.2) is 72.8 Å². The van der Waals surface area contributed by atoms with E-state index in [-0.39, 0.29) is 30.3 Å². The number of carbonyl (C=O) groups excluding carboxylic acids is 2. The Bertz CT molecular complexity index is 1450. The Hall–Kier alpha value is -3.76. The van der Waals surface area contributed by atoms with Crippen molar-refractivity contribution in [1.29, 1.82) is 0 Å². The van der Waals surface area contributed by atoms with E-state index >= 15 is 0 Å². The van der Waals surface area contributed by atoms with Crippen LogP contribution in [0.3, 0.4) is 0 Å². The summed E-state index contributed by atoms with van der Waals surface area (Å²) in [5, 5.41) is 3.44. The molecular weight excluding hydrogens is 578 g/mol. The van der Waals surface area contributed by atoms with Gasteiger partial charge in [-0.3, -0.25) is 13.9 Å². The molecule has 9 nitrogen and oxygen atoms in total. The van der Waals surface area contributed by atoms with Crippen LogP contribution >= 0.6 is 11.6 Å². The SMILES string of the molecule is CCCCNC(=O)[C@@H](Cc1ccccc1)N(Cc1cccc(Cl)c1)C(=O)CN(c1ccc(OC)cc1OC)S(C)(=O)=O. The summed E-state index contributed by atoms with van der Waals surface area (Å²) in [6.07, 6.45) is 2.92. The summed E-state index contributed by atoms with van der Waals surface area (Å²) < 4.78 is 37.8. The van der Waals surface area contributed by atoms with Crippen molar-refractivity contribution in [2.45, 2.75) is 38.8 Å². The van der Waals surface area contributed by atoms with Crippen molar-refractivity contribution >= 4 is 39.1 Å². The lowest BCUT2D eigenvalue weighted by atomic mass is 10.0. The van der Waals surface area contributed by atoms with Crippen LogP contribution in [-0.2, 0) is 32.6 Å². The Morgan fingerprint density at radius 1 is 0.952 bits per heavy atom. The Morgan fingerprint density at radius 2 is 1.67 bits per heavy atom. The second-order valence-electron chi connectivity index (χ2n) is 9.81. The van der Waals surface area contributed by atoms with Gasteiger partial charge in [0.15, 0.2) is 0 Å². The van der Waals surface area contributed by atoms with Gasteiger partial charge in [0, 0.05) is 30.6 Å². The molecule has 0 radical (unpaired) electrons. The molecule has 0 aliphatic carbocycles. The maximum absolute atomic E-state index is 14.2. The highest BCUT2D eigenvalue weighted by Crippen LogP contribution is 2.34. The number of methoxy groups -OCH3 is 2. The van der Waals surface area contributed by atoms with Crippen molar-refractivity contribution in [1.82, 2.24) is 10.2 Å². The van der Waals surface area contributed by atoms with Crippen LogP contribution in [0.2, 0.25) is 5.02 Å². The lowest BCUT2D eigenvalue weighted by molar-refractivity contribution is -0.140. The standard InChI is InChI=1S/C31H38ClN3O6S/c1-5-6-17-33-31(37)28(19-23-11-8-7-9-12-23)34(21-24-13-10-14-25(32)18-24)30(36)22-35(42(4,38)39)27-16-15-26(40-2)20-29(27)41-3/h7-16,18,20,28H,5-6,17,19,21-22H2,1-4H3,(H,33,37)/t28-/m1/s1. The summed E-state index contributed by atoms with van der Waals surface area (Å²) in [5.41, 5.74) is 1.72. The van der Waals surface area contributed by atoms with Gasteiger partial charge < -0.3 is 19.7 Å². The van der Waals surface area contributed by atoms with Gasteiger partial charge in [0.1, 0.15) is 24.1 Å². The molecule has 3 aromatic rings. The molecule has 3 aromatic carbocycles.